The number of hydrogen-bond acceptors (Lipinski definition) is 5. The molecule has 1 fully saturated rings. The molecule has 0 spiro atoms. The number of piperidine rings is 1. The van der Waals surface area contributed by atoms with Crippen LogP contribution in [0.25, 0.3) is 0 Å². The Kier molecular flexibility index (Phi) is 7.19. The van der Waals surface area contributed by atoms with Crippen molar-refractivity contribution in [1.82, 2.24) is 4.31 Å². The number of benzene rings is 3. The minimum atomic E-state index is -3.45. The van der Waals surface area contributed by atoms with Crippen LogP contribution < -0.4 is 4.74 Å². The highest BCUT2D eigenvalue weighted by molar-refractivity contribution is 7.88. The minimum Gasteiger partial charge on any atom is -0.426 e. The summed E-state index contributed by atoms with van der Waals surface area (Å²) in [5.41, 5.74) is 1.48. The van der Waals surface area contributed by atoms with Crippen molar-refractivity contribution >= 4 is 21.8 Å². The fourth-order valence-corrected chi connectivity index (χ4v) is 5.45. The summed E-state index contributed by atoms with van der Waals surface area (Å²) in [6.45, 7) is 0.528. The van der Waals surface area contributed by atoms with Crippen LogP contribution in [0, 0.1) is 11.7 Å². The van der Waals surface area contributed by atoms with Gasteiger partial charge in [0.1, 0.15) is 11.6 Å². The number of halogens is 1. The summed E-state index contributed by atoms with van der Waals surface area (Å²) in [7, 11) is -3.45. The fourth-order valence-electron chi connectivity index (χ4n) is 3.89. The van der Waals surface area contributed by atoms with Crippen LogP contribution in [0.4, 0.5) is 4.39 Å². The normalized spacial score (nSPS) is 15.1. The number of esters is 1. The summed E-state index contributed by atoms with van der Waals surface area (Å²) in [5.74, 6) is -1.26. The lowest BCUT2D eigenvalue weighted by Crippen LogP contribution is -2.41. The zero-order valence-corrected chi connectivity index (χ0v) is 19.2. The quantitative estimate of drug-likeness (QED) is 0.287. The van der Waals surface area contributed by atoms with Gasteiger partial charge in [0, 0.05) is 24.2 Å². The van der Waals surface area contributed by atoms with Crippen LogP contribution in [0.15, 0.2) is 78.9 Å². The molecule has 1 heterocycles. The van der Waals surface area contributed by atoms with Crippen LogP contribution in [0.3, 0.4) is 0 Å². The van der Waals surface area contributed by atoms with Crippen LogP contribution in [0.1, 0.15) is 34.3 Å². The number of ketones is 1. The zero-order chi connectivity index (χ0) is 24.1. The lowest BCUT2D eigenvalue weighted by Gasteiger charge is -2.30. The van der Waals surface area contributed by atoms with Crippen LogP contribution in [0.5, 0.6) is 5.75 Å². The molecule has 0 aliphatic carbocycles. The predicted molar refractivity (Wildman–Crippen MR) is 125 cm³/mol. The lowest BCUT2D eigenvalue weighted by molar-refractivity contribution is -0.140. The first-order valence-electron chi connectivity index (χ1n) is 11.0. The minimum absolute atomic E-state index is 0.0635. The van der Waals surface area contributed by atoms with Gasteiger partial charge in [-0.25, -0.2) is 17.1 Å². The van der Waals surface area contributed by atoms with Gasteiger partial charge in [-0.1, -0.05) is 30.3 Å². The molecule has 0 amide bonds. The Labute approximate surface area is 198 Å². The Bertz CT molecular complexity index is 1250. The Morgan fingerprint density at radius 2 is 1.41 bits per heavy atom. The zero-order valence-electron chi connectivity index (χ0n) is 18.4. The van der Waals surface area contributed by atoms with Crippen molar-refractivity contribution in [2.75, 3.05) is 13.1 Å². The summed E-state index contributed by atoms with van der Waals surface area (Å²) < 4.78 is 45.3. The molecule has 0 saturated carbocycles. The summed E-state index contributed by atoms with van der Waals surface area (Å²) in [6.07, 6.45) is 0.766. The lowest BCUT2D eigenvalue weighted by atomic mass is 9.98. The van der Waals surface area contributed by atoms with Gasteiger partial charge in [-0.05, 0) is 66.9 Å². The van der Waals surface area contributed by atoms with Crippen molar-refractivity contribution in [1.29, 1.82) is 0 Å². The average molecular weight is 482 g/mol. The third-order valence-corrected chi connectivity index (χ3v) is 7.66. The third kappa shape index (κ3) is 5.76. The molecule has 4 rings (SSSR count). The number of nitrogens with zero attached hydrogens (tertiary/aromatic N) is 1. The van der Waals surface area contributed by atoms with Crippen molar-refractivity contribution in [3.8, 4) is 5.75 Å². The molecule has 0 aromatic heterocycles. The Balaban J connectivity index is 1.31. The van der Waals surface area contributed by atoms with E-state index in [4.69, 9.17) is 4.74 Å². The second-order valence-corrected chi connectivity index (χ2v) is 10.2. The fraction of sp³-hybridized carbons (Fsp3) is 0.231. The maximum absolute atomic E-state index is 13.1. The Hall–Kier alpha value is -3.36. The van der Waals surface area contributed by atoms with Crippen molar-refractivity contribution in [2.24, 2.45) is 5.92 Å². The molecule has 6 nitrogen and oxygen atoms in total. The highest BCUT2D eigenvalue weighted by Gasteiger charge is 2.32. The van der Waals surface area contributed by atoms with Crippen LogP contribution in [-0.4, -0.2) is 37.6 Å². The first-order valence-corrected chi connectivity index (χ1v) is 12.6. The van der Waals surface area contributed by atoms with Crippen LogP contribution in [0.2, 0.25) is 0 Å². The van der Waals surface area contributed by atoms with E-state index in [1.807, 2.05) is 6.07 Å². The van der Waals surface area contributed by atoms with Crippen LogP contribution in [-0.2, 0) is 20.6 Å². The Morgan fingerprint density at radius 3 is 2.00 bits per heavy atom. The summed E-state index contributed by atoms with van der Waals surface area (Å²) in [5, 5.41) is 0. The summed E-state index contributed by atoms with van der Waals surface area (Å²) >= 11 is 0. The van der Waals surface area contributed by atoms with E-state index in [1.54, 1.807) is 36.4 Å². The molecule has 0 atom stereocenters. The summed E-state index contributed by atoms with van der Waals surface area (Å²) in [6, 6.07) is 20.4. The van der Waals surface area contributed by atoms with E-state index in [2.05, 4.69) is 0 Å². The van der Waals surface area contributed by atoms with Gasteiger partial charge in [-0.2, -0.15) is 0 Å². The van der Waals surface area contributed by atoms with E-state index < -0.39 is 27.7 Å². The van der Waals surface area contributed by atoms with Gasteiger partial charge in [-0.3, -0.25) is 9.59 Å². The molecule has 1 aliphatic heterocycles. The number of hydrogen-bond donors (Lipinski definition) is 0. The first-order chi connectivity index (χ1) is 16.3. The van der Waals surface area contributed by atoms with E-state index in [1.165, 1.54) is 40.7 Å². The highest BCUT2D eigenvalue weighted by atomic mass is 32.2. The van der Waals surface area contributed by atoms with Gasteiger partial charge >= 0.3 is 5.97 Å². The molecule has 0 N–H and O–H groups in total. The summed E-state index contributed by atoms with van der Waals surface area (Å²) in [4.78, 5) is 25.1. The maximum Gasteiger partial charge on any atom is 0.314 e. The topological polar surface area (TPSA) is 80.8 Å². The smallest absolute Gasteiger partial charge is 0.314 e. The highest BCUT2D eigenvalue weighted by Crippen LogP contribution is 2.24. The van der Waals surface area contributed by atoms with Gasteiger partial charge in [0.2, 0.25) is 10.0 Å². The number of rotatable bonds is 7. The van der Waals surface area contributed by atoms with Crippen molar-refractivity contribution in [3.05, 3.63) is 101 Å². The number of sulfonamides is 1. The molecule has 34 heavy (non-hydrogen) atoms. The number of ether oxygens (including phenoxy) is 1. The van der Waals surface area contributed by atoms with Gasteiger partial charge in [0.05, 0.1) is 11.7 Å². The molecule has 176 valence electrons. The van der Waals surface area contributed by atoms with E-state index in [0.717, 1.165) is 5.56 Å². The molecule has 8 heteroatoms. The van der Waals surface area contributed by atoms with Crippen molar-refractivity contribution in [2.45, 2.75) is 18.6 Å². The van der Waals surface area contributed by atoms with Gasteiger partial charge < -0.3 is 4.74 Å². The first kappa shape index (κ1) is 23.8. The molecule has 0 radical (unpaired) electrons. The second-order valence-electron chi connectivity index (χ2n) is 8.20. The van der Waals surface area contributed by atoms with Crippen molar-refractivity contribution in [3.63, 3.8) is 0 Å². The molecule has 1 saturated heterocycles. The largest absolute Gasteiger partial charge is 0.426 e. The van der Waals surface area contributed by atoms with E-state index in [-0.39, 0.29) is 24.6 Å². The second kappa shape index (κ2) is 10.3. The SMILES string of the molecule is O=C(c1ccc(F)cc1)c1ccc(OC(=O)C2CCN(S(=O)(=O)Cc3ccccc3)CC2)cc1. The van der Waals surface area contributed by atoms with E-state index in [0.29, 0.717) is 29.7 Å². The average Bonchev–Trinajstić information content (AvgIpc) is 2.85. The molecule has 0 unspecified atom stereocenters. The molecular weight excluding hydrogens is 457 g/mol. The van der Waals surface area contributed by atoms with Gasteiger partial charge in [-0.15, -0.1) is 0 Å². The molecular formula is C26H24FNO5S. The standard InChI is InChI=1S/C26H24FNO5S/c27-23-10-6-20(7-11-23)25(29)21-8-12-24(13-9-21)33-26(30)22-14-16-28(17-15-22)34(31,32)18-19-4-2-1-3-5-19/h1-13,22H,14-18H2. The molecule has 3 aromatic rings. The molecule has 3 aromatic carbocycles. The van der Waals surface area contributed by atoms with Crippen molar-refractivity contribution < 1.29 is 27.1 Å². The Morgan fingerprint density at radius 1 is 0.853 bits per heavy atom. The number of carbonyl (C=O) groups is 2. The van der Waals surface area contributed by atoms with E-state index in [9.17, 15) is 22.4 Å². The number of carbonyl (C=O) groups excluding carboxylic acids is 2. The third-order valence-electron chi connectivity index (χ3n) is 5.81. The van der Waals surface area contributed by atoms with Gasteiger partial charge in [0.25, 0.3) is 0 Å². The van der Waals surface area contributed by atoms with Crippen LogP contribution >= 0.6 is 0 Å². The molecule has 0 bridgehead atoms. The molecule has 1 aliphatic rings. The van der Waals surface area contributed by atoms with E-state index >= 15 is 0 Å². The predicted octanol–water partition coefficient (Wildman–Crippen LogP) is 4.20. The maximum atomic E-state index is 13.1. The monoisotopic (exact) mass is 481 g/mol. The van der Waals surface area contributed by atoms with Gasteiger partial charge in [0.15, 0.2) is 5.78 Å².